The number of H-pyrrole nitrogens is 1. The van der Waals surface area contributed by atoms with Crippen molar-refractivity contribution in [1.82, 2.24) is 15.0 Å². The molecule has 1 aliphatic heterocycles. The van der Waals surface area contributed by atoms with Gasteiger partial charge in [0.05, 0.1) is 31.9 Å². The lowest BCUT2D eigenvalue weighted by atomic mass is 10.1. The normalized spacial score (nSPS) is 13.9. The van der Waals surface area contributed by atoms with Gasteiger partial charge in [0.15, 0.2) is 5.13 Å². The van der Waals surface area contributed by atoms with E-state index in [-0.39, 0.29) is 36.7 Å². The number of esters is 1. The van der Waals surface area contributed by atoms with E-state index in [1.54, 1.807) is 19.2 Å². The maximum absolute atomic E-state index is 12.5. The number of aromatic amines is 1. The number of morpholine rings is 1. The number of thiazole rings is 1. The van der Waals surface area contributed by atoms with Gasteiger partial charge in [0, 0.05) is 36.1 Å². The molecule has 0 unspecified atom stereocenters. The van der Waals surface area contributed by atoms with Gasteiger partial charge in [-0.2, -0.15) is 0 Å². The van der Waals surface area contributed by atoms with Crippen LogP contribution < -0.4 is 15.8 Å². The highest BCUT2D eigenvalue weighted by molar-refractivity contribution is 7.13. The van der Waals surface area contributed by atoms with Gasteiger partial charge in [0.1, 0.15) is 0 Å². The number of nitrogens with zero attached hydrogens (tertiary/aromatic N) is 3. The zero-order valence-electron chi connectivity index (χ0n) is 17.0. The second-order valence-electron chi connectivity index (χ2n) is 6.73. The molecule has 0 spiro atoms. The minimum absolute atomic E-state index is 0.0654. The van der Waals surface area contributed by atoms with Crippen molar-refractivity contribution < 1.29 is 19.1 Å². The summed E-state index contributed by atoms with van der Waals surface area (Å²) in [7, 11) is 0. The lowest BCUT2D eigenvalue weighted by Crippen LogP contribution is -2.38. The van der Waals surface area contributed by atoms with E-state index in [0.29, 0.717) is 60.9 Å². The zero-order chi connectivity index (χ0) is 21.5. The van der Waals surface area contributed by atoms with Gasteiger partial charge in [-0.3, -0.25) is 19.4 Å². The Morgan fingerprint density at radius 1 is 1.33 bits per heavy atom. The van der Waals surface area contributed by atoms with E-state index in [2.05, 4.69) is 20.3 Å². The smallest absolute Gasteiger partial charge is 0.311 e. The summed E-state index contributed by atoms with van der Waals surface area (Å²) in [6.45, 7) is 6.38. The van der Waals surface area contributed by atoms with E-state index in [1.807, 2.05) is 4.90 Å². The van der Waals surface area contributed by atoms with Crippen molar-refractivity contribution in [2.45, 2.75) is 33.1 Å². The van der Waals surface area contributed by atoms with Crippen molar-refractivity contribution in [3.8, 4) is 0 Å². The molecule has 1 fully saturated rings. The summed E-state index contributed by atoms with van der Waals surface area (Å²) >= 11 is 1.24. The maximum atomic E-state index is 12.5. The fourth-order valence-electron chi connectivity index (χ4n) is 3.04. The largest absolute Gasteiger partial charge is 0.466 e. The Balaban J connectivity index is 1.55. The topological polar surface area (TPSA) is 127 Å². The number of aromatic nitrogens is 3. The fourth-order valence-corrected chi connectivity index (χ4v) is 3.77. The molecule has 0 aromatic carbocycles. The van der Waals surface area contributed by atoms with Crippen LogP contribution >= 0.6 is 11.3 Å². The van der Waals surface area contributed by atoms with Crippen LogP contribution in [0.5, 0.6) is 0 Å². The zero-order valence-corrected chi connectivity index (χ0v) is 17.8. The fraction of sp³-hybridized carbons (Fsp3) is 0.526. The Labute approximate surface area is 177 Å². The number of carbonyl (C=O) groups excluding carboxylic acids is 2. The van der Waals surface area contributed by atoms with Gasteiger partial charge >= 0.3 is 5.97 Å². The van der Waals surface area contributed by atoms with Gasteiger partial charge in [-0.1, -0.05) is 0 Å². The Morgan fingerprint density at radius 2 is 2.10 bits per heavy atom. The van der Waals surface area contributed by atoms with Crippen LogP contribution in [0, 0.1) is 6.92 Å². The molecule has 30 heavy (non-hydrogen) atoms. The molecule has 10 nitrogen and oxygen atoms in total. The maximum Gasteiger partial charge on any atom is 0.311 e. The quantitative estimate of drug-likeness (QED) is 0.589. The number of ether oxygens (including phenoxy) is 2. The van der Waals surface area contributed by atoms with Crippen LogP contribution in [-0.4, -0.2) is 59.7 Å². The monoisotopic (exact) mass is 435 g/mol. The number of rotatable bonds is 8. The van der Waals surface area contributed by atoms with Gasteiger partial charge in [-0.05, 0) is 20.3 Å². The molecule has 1 amide bonds. The lowest BCUT2D eigenvalue weighted by molar-refractivity contribution is -0.142. The standard InChI is InChI=1S/C19H25N5O5S/c1-3-29-16(26)10-13-11-30-19(21-13)22-15(25)5-4-14-12(2)20-18(23-17(14)27)24-6-8-28-9-7-24/h11H,3-10H2,1-2H3,(H,20,23,27)(H,21,22,25). The number of nitrogens with one attached hydrogen (secondary N) is 2. The summed E-state index contributed by atoms with van der Waals surface area (Å²) in [6, 6.07) is 0. The molecule has 3 heterocycles. The molecular weight excluding hydrogens is 410 g/mol. The van der Waals surface area contributed by atoms with Gasteiger partial charge in [-0.25, -0.2) is 9.97 Å². The molecule has 2 aromatic heterocycles. The molecule has 0 atom stereocenters. The van der Waals surface area contributed by atoms with Crippen LogP contribution in [0.15, 0.2) is 10.2 Å². The molecule has 0 bridgehead atoms. The second-order valence-corrected chi connectivity index (χ2v) is 7.58. The number of amides is 1. The molecule has 0 saturated carbocycles. The molecule has 0 aliphatic carbocycles. The Bertz CT molecular complexity index is 951. The van der Waals surface area contributed by atoms with Crippen LogP contribution in [-0.2, 0) is 31.9 Å². The average Bonchev–Trinajstić information content (AvgIpc) is 3.14. The predicted molar refractivity (Wildman–Crippen MR) is 112 cm³/mol. The van der Waals surface area contributed by atoms with Crippen molar-refractivity contribution in [3.05, 3.63) is 32.7 Å². The summed E-state index contributed by atoms with van der Waals surface area (Å²) in [5.41, 5.74) is 1.41. The first-order valence-electron chi connectivity index (χ1n) is 9.78. The second kappa shape index (κ2) is 10.3. The van der Waals surface area contributed by atoms with Crippen LogP contribution in [0.2, 0.25) is 0 Å². The van der Waals surface area contributed by atoms with Gasteiger partial charge in [-0.15, -0.1) is 11.3 Å². The van der Waals surface area contributed by atoms with E-state index < -0.39 is 0 Å². The van der Waals surface area contributed by atoms with E-state index in [4.69, 9.17) is 9.47 Å². The van der Waals surface area contributed by atoms with Crippen molar-refractivity contribution in [2.75, 3.05) is 43.1 Å². The number of aryl methyl sites for hydroxylation is 1. The van der Waals surface area contributed by atoms with Crippen molar-refractivity contribution in [1.29, 1.82) is 0 Å². The number of carbonyl (C=O) groups is 2. The molecular formula is C19H25N5O5S. The molecule has 0 radical (unpaired) electrons. The van der Waals surface area contributed by atoms with Gasteiger partial charge < -0.3 is 19.7 Å². The highest BCUT2D eigenvalue weighted by Gasteiger charge is 2.17. The van der Waals surface area contributed by atoms with E-state index >= 15 is 0 Å². The number of hydrogen-bond acceptors (Lipinski definition) is 9. The molecule has 1 aliphatic rings. The molecule has 162 valence electrons. The van der Waals surface area contributed by atoms with Crippen molar-refractivity contribution >= 4 is 34.3 Å². The first-order valence-corrected chi connectivity index (χ1v) is 10.7. The first-order chi connectivity index (χ1) is 14.5. The lowest BCUT2D eigenvalue weighted by Gasteiger charge is -2.27. The third-order valence-corrected chi connectivity index (χ3v) is 5.36. The van der Waals surface area contributed by atoms with E-state index in [9.17, 15) is 14.4 Å². The first kappa shape index (κ1) is 21.9. The highest BCUT2D eigenvalue weighted by atomic mass is 32.1. The van der Waals surface area contributed by atoms with E-state index in [0.717, 1.165) is 0 Å². The van der Waals surface area contributed by atoms with Crippen molar-refractivity contribution in [2.24, 2.45) is 0 Å². The molecule has 2 N–H and O–H groups in total. The third kappa shape index (κ3) is 5.86. The third-order valence-electron chi connectivity index (χ3n) is 4.55. The number of hydrogen-bond donors (Lipinski definition) is 2. The van der Waals surface area contributed by atoms with Gasteiger partial charge in [0.25, 0.3) is 5.56 Å². The summed E-state index contributed by atoms with van der Waals surface area (Å²) in [4.78, 5) is 49.8. The Hall–Kier alpha value is -2.79. The Kier molecular flexibility index (Phi) is 7.52. The van der Waals surface area contributed by atoms with Crippen LogP contribution in [0.4, 0.5) is 11.1 Å². The molecule has 1 saturated heterocycles. The van der Waals surface area contributed by atoms with Crippen LogP contribution in [0.3, 0.4) is 0 Å². The summed E-state index contributed by atoms with van der Waals surface area (Å²) in [5, 5.41) is 4.81. The summed E-state index contributed by atoms with van der Waals surface area (Å²) in [6.07, 6.45) is 0.454. The van der Waals surface area contributed by atoms with Gasteiger partial charge in [0.2, 0.25) is 11.9 Å². The molecule has 2 aromatic rings. The Morgan fingerprint density at radius 3 is 2.80 bits per heavy atom. The summed E-state index contributed by atoms with van der Waals surface area (Å²) in [5.74, 6) is -0.0857. The average molecular weight is 436 g/mol. The van der Waals surface area contributed by atoms with Crippen molar-refractivity contribution in [3.63, 3.8) is 0 Å². The minimum atomic E-state index is -0.358. The molecule has 3 rings (SSSR count). The van der Waals surface area contributed by atoms with Crippen LogP contribution in [0.1, 0.15) is 30.3 Å². The SMILES string of the molecule is CCOC(=O)Cc1csc(NC(=O)CCc2c(C)nc(N3CCOCC3)[nH]c2=O)n1. The molecule has 11 heteroatoms. The minimum Gasteiger partial charge on any atom is -0.466 e. The van der Waals surface area contributed by atoms with Crippen LogP contribution in [0.25, 0.3) is 0 Å². The highest BCUT2D eigenvalue weighted by Crippen LogP contribution is 2.17. The summed E-state index contributed by atoms with van der Waals surface area (Å²) < 4.78 is 10.2. The number of anilines is 2. The van der Waals surface area contributed by atoms with E-state index in [1.165, 1.54) is 11.3 Å². The predicted octanol–water partition coefficient (Wildman–Crippen LogP) is 1.05.